The summed E-state index contributed by atoms with van der Waals surface area (Å²) in [5.74, 6) is 1.67. The molecule has 0 N–H and O–H groups in total. The van der Waals surface area contributed by atoms with Crippen molar-refractivity contribution in [2.75, 3.05) is 13.1 Å². The van der Waals surface area contributed by atoms with Crippen LogP contribution in [-0.4, -0.2) is 29.8 Å². The Labute approximate surface area is 93.0 Å². The molecule has 2 aliphatic rings. The Kier molecular flexibility index (Phi) is 3.45. The lowest BCUT2D eigenvalue weighted by molar-refractivity contribution is -0.121. The third-order valence-electron chi connectivity index (χ3n) is 4.39. The zero-order valence-corrected chi connectivity index (χ0v) is 10.0. The summed E-state index contributed by atoms with van der Waals surface area (Å²) in [4.78, 5) is 14.2. The molecule has 0 bridgehead atoms. The molecular weight excluding hydrogens is 186 g/mol. The molecule has 3 atom stereocenters. The van der Waals surface area contributed by atoms with Crippen molar-refractivity contribution in [1.29, 1.82) is 0 Å². The summed E-state index contributed by atoms with van der Waals surface area (Å²) in [7, 11) is 0. The quantitative estimate of drug-likeness (QED) is 0.696. The molecule has 0 amide bonds. The van der Waals surface area contributed by atoms with Crippen molar-refractivity contribution in [2.24, 2.45) is 11.8 Å². The molecule has 1 heterocycles. The minimum atomic E-state index is 0.359. The molecule has 1 saturated heterocycles. The normalized spacial score (nSPS) is 38.5. The van der Waals surface area contributed by atoms with Crippen LogP contribution in [0, 0.1) is 11.8 Å². The number of Topliss-reactive ketones (excluding diaryl/α,β-unsaturated/α-hetero) is 1. The lowest BCUT2D eigenvalue weighted by Gasteiger charge is -2.39. The Hall–Kier alpha value is -0.370. The smallest absolute Gasteiger partial charge is 0.137 e. The molecule has 1 saturated carbocycles. The van der Waals surface area contributed by atoms with E-state index in [1.54, 1.807) is 0 Å². The SMILES string of the molecule is CC1CCCN(CC2CCCC2=O)C1C. The van der Waals surface area contributed by atoms with Gasteiger partial charge < -0.3 is 0 Å². The Bertz CT molecular complexity index is 239. The fourth-order valence-corrected chi connectivity index (χ4v) is 3.04. The Morgan fingerprint density at radius 2 is 2.07 bits per heavy atom. The van der Waals surface area contributed by atoms with Gasteiger partial charge in [0.25, 0.3) is 0 Å². The number of nitrogens with zero attached hydrogens (tertiary/aromatic N) is 1. The first-order valence-corrected chi connectivity index (χ1v) is 6.45. The minimum absolute atomic E-state index is 0.359. The number of carbonyl (C=O) groups excluding carboxylic acids is 1. The van der Waals surface area contributed by atoms with Crippen LogP contribution in [0.3, 0.4) is 0 Å². The van der Waals surface area contributed by atoms with E-state index in [0.29, 0.717) is 17.7 Å². The Morgan fingerprint density at radius 3 is 2.73 bits per heavy atom. The highest BCUT2D eigenvalue weighted by molar-refractivity contribution is 5.83. The molecule has 2 rings (SSSR count). The third-order valence-corrected chi connectivity index (χ3v) is 4.39. The van der Waals surface area contributed by atoms with Gasteiger partial charge in [0.1, 0.15) is 5.78 Å². The average molecular weight is 209 g/mol. The highest BCUT2D eigenvalue weighted by atomic mass is 16.1. The van der Waals surface area contributed by atoms with E-state index in [4.69, 9.17) is 0 Å². The molecule has 2 nitrogen and oxygen atoms in total. The number of hydrogen-bond donors (Lipinski definition) is 0. The second-order valence-corrected chi connectivity index (χ2v) is 5.41. The number of carbonyl (C=O) groups is 1. The zero-order valence-electron chi connectivity index (χ0n) is 10.0. The summed E-state index contributed by atoms with van der Waals surface area (Å²) < 4.78 is 0. The number of rotatable bonds is 2. The minimum Gasteiger partial charge on any atom is -0.300 e. The monoisotopic (exact) mass is 209 g/mol. The predicted molar refractivity (Wildman–Crippen MR) is 61.8 cm³/mol. The van der Waals surface area contributed by atoms with Crippen molar-refractivity contribution < 1.29 is 4.79 Å². The topological polar surface area (TPSA) is 20.3 Å². The van der Waals surface area contributed by atoms with Gasteiger partial charge in [-0.15, -0.1) is 0 Å². The molecule has 86 valence electrons. The Morgan fingerprint density at radius 1 is 1.27 bits per heavy atom. The van der Waals surface area contributed by atoms with E-state index in [0.717, 1.165) is 31.7 Å². The molecule has 0 aromatic carbocycles. The van der Waals surface area contributed by atoms with Crippen molar-refractivity contribution in [3.63, 3.8) is 0 Å². The van der Waals surface area contributed by atoms with Gasteiger partial charge in [0.15, 0.2) is 0 Å². The van der Waals surface area contributed by atoms with E-state index in [-0.39, 0.29) is 0 Å². The van der Waals surface area contributed by atoms with E-state index in [1.807, 2.05) is 0 Å². The largest absolute Gasteiger partial charge is 0.300 e. The molecule has 0 aromatic rings. The summed E-state index contributed by atoms with van der Waals surface area (Å²) in [5, 5.41) is 0. The maximum atomic E-state index is 11.6. The molecule has 2 fully saturated rings. The van der Waals surface area contributed by atoms with Crippen LogP contribution < -0.4 is 0 Å². The fourth-order valence-electron chi connectivity index (χ4n) is 3.04. The second kappa shape index (κ2) is 4.65. The molecular formula is C13H23NO. The van der Waals surface area contributed by atoms with Gasteiger partial charge in [0.05, 0.1) is 0 Å². The summed E-state index contributed by atoms with van der Waals surface area (Å²) in [6.45, 7) is 6.90. The first-order valence-electron chi connectivity index (χ1n) is 6.45. The maximum absolute atomic E-state index is 11.6. The average Bonchev–Trinajstić information content (AvgIpc) is 2.60. The fraction of sp³-hybridized carbons (Fsp3) is 0.923. The molecule has 1 aliphatic heterocycles. The molecule has 2 heteroatoms. The van der Waals surface area contributed by atoms with Crippen LogP contribution in [0.25, 0.3) is 0 Å². The van der Waals surface area contributed by atoms with Gasteiger partial charge in [0, 0.05) is 24.9 Å². The van der Waals surface area contributed by atoms with Crippen LogP contribution in [0.1, 0.15) is 46.0 Å². The van der Waals surface area contributed by atoms with Crippen LogP contribution in [-0.2, 0) is 4.79 Å². The van der Waals surface area contributed by atoms with Gasteiger partial charge in [-0.3, -0.25) is 9.69 Å². The van der Waals surface area contributed by atoms with Crippen LogP contribution in [0.5, 0.6) is 0 Å². The summed E-state index contributed by atoms with van der Waals surface area (Å²) in [6.07, 6.45) is 5.77. The van der Waals surface area contributed by atoms with E-state index < -0.39 is 0 Å². The first-order chi connectivity index (χ1) is 7.18. The predicted octanol–water partition coefficient (Wildman–Crippen LogP) is 2.48. The van der Waals surface area contributed by atoms with Gasteiger partial charge in [-0.1, -0.05) is 6.92 Å². The van der Waals surface area contributed by atoms with Crippen LogP contribution >= 0.6 is 0 Å². The second-order valence-electron chi connectivity index (χ2n) is 5.41. The summed E-state index contributed by atoms with van der Waals surface area (Å²) in [5.41, 5.74) is 0. The first kappa shape index (κ1) is 11.1. The standard InChI is InChI=1S/C13H23NO/c1-10-5-4-8-14(11(10)2)9-12-6-3-7-13(12)15/h10-12H,3-9H2,1-2H3. The molecule has 15 heavy (non-hydrogen) atoms. The van der Waals surface area contributed by atoms with Gasteiger partial charge >= 0.3 is 0 Å². The molecule has 0 spiro atoms. The van der Waals surface area contributed by atoms with E-state index in [2.05, 4.69) is 18.7 Å². The molecule has 0 radical (unpaired) electrons. The number of hydrogen-bond acceptors (Lipinski definition) is 2. The van der Waals surface area contributed by atoms with Gasteiger partial charge in [-0.25, -0.2) is 0 Å². The highest BCUT2D eigenvalue weighted by Crippen LogP contribution is 2.27. The summed E-state index contributed by atoms with van der Waals surface area (Å²) in [6, 6.07) is 0.673. The van der Waals surface area contributed by atoms with Crippen molar-refractivity contribution in [2.45, 2.75) is 52.0 Å². The number of ketones is 1. The van der Waals surface area contributed by atoms with E-state index in [9.17, 15) is 4.79 Å². The van der Waals surface area contributed by atoms with Gasteiger partial charge in [-0.05, 0) is 45.1 Å². The van der Waals surface area contributed by atoms with E-state index in [1.165, 1.54) is 19.4 Å². The number of piperidine rings is 1. The number of likely N-dealkylation sites (tertiary alicyclic amines) is 1. The van der Waals surface area contributed by atoms with Crippen molar-refractivity contribution in [3.8, 4) is 0 Å². The highest BCUT2D eigenvalue weighted by Gasteiger charge is 2.31. The molecule has 3 unspecified atom stereocenters. The van der Waals surface area contributed by atoms with Crippen molar-refractivity contribution >= 4 is 5.78 Å². The molecule has 0 aromatic heterocycles. The van der Waals surface area contributed by atoms with E-state index >= 15 is 0 Å². The zero-order chi connectivity index (χ0) is 10.8. The van der Waals surface area contributed by atoms with Crippen molar-refractivity contribution in [1.82, 2.24) is 4.90 Å². The van der Waals surface area contributed by atoms with Crippen LogP contribution in [0.4, 0.5) is 0 Å². The Balaban J connectivity index is 1.90. The lowest BCUT2D eigenvalue weighted by atomic mass is 9.91. The molecule has 1 aliphatic carbocycles. The van der Waals surface area contributed by atoms with Crippen LogP contribution in [0.15, 0.2) is 0 Å². The van der Waals surface area contributed by atoms with Crippen molar-refractivity contribution in [3.05, 3.63) is 0 Å². The maximum Gasteiger partial charge on any atom is 0.137 e. The van der Waals surface area contributed by atoms with Gasteiger partial charge in [0.2, 0.25) is 0 Å². The lowest BCUT2D eigenvalue weighted by Crippen LogP contribution is -2.45. The summed E-state index contributed by atoms with van der Waals surface area (Å²) >= 11 is 0. The van der Waals surface area contributed by atoms with Gasteiger partial charge in [-0.2, -0.15) is 0 Å². The van der Waals surface area contributed by atoms with Crippen LogP contribution in [0.2, 0.25) is 0 Å². The third kappa shape index (κ3) is 2.41.